The van der Waals surface area contributed by atoms with Crippen LogP contribution in [0.1, 0.15) is 32.3 Å². The molecule has 158 valence electrons. The molecule has 0 radical (unpaired) electrons. The van der Waals surface area contributed by atoms with Crippen molar-refractivity contribution < 1.29 is 5.11 Å². The number of nitrogens with zero attached hydrogens (tertiary/aromatic N) is 4. The summed E-state index contributed by atoms with van der Waals surface area (Å²) in [5.74, 6) is 0.502. The van der Waals surface area contributed by atoms with Crippen LogP contribution in [0.4, 0.5) is 0 Å². The number of piperidine rings is 1. The molecule has 1 aliphatic heterocycles. The highest BCUT2D eigenvalue weighted by molar-refractivity contribution is 6.31. The molecule has 5 nitrogen and oxygen atoms in total. The van der Waals surface area contributed by atoms with Gasteiger partial charge < -0.3 is 5.11 Å². The fourth-order valence-corrected chi connectivity index (χ4v) is 4.39. The van der Waals surface area contributed by atoms with E-state index in [1.165, 1.54) is 6.42 Å². The van der Waals surface area contributed by atoms with Gasteiger partial charge in [-0.3, -0.25) is 4.90 Å². The first-order valence-electron chi connectivity index (χ1n) is 10.6. The van der Waals surface area contributed by atoms with E-state index in [4.69, 9.17) is 11.6 Å². The van der Waals surface area contributed by atoms with Gasteiger partial charge in [-0.05, 0) is 54.5 Å². The van der Waals surface area contributed by atoms with E-state index >= 15 is 0 Å². The van der Waals surface area contributed by atoms with Gasteiger partial charge in [-0.15, -0.1) is 5.10 Å². The summed E-state index contributed by atoms with van der Waals surface area (Å²) in [5, 5.41) is 19.0. The molecule has 0 amide bonds. The highest BCUT2D eigenvalue weighted by atomic mass is 35.5. The first-order chi connectivity index (χ1) is 14.5. The van der Waals surface area contributed by atoms with Crippen LogP contribution >= 0.6 is 11.6 Å². The summed E-state index contributed by atoms with van der Waals surface area (Å²) in [6.45, 7) is 7.44. The zero-order valence-electron chi connectivity index (χ0n) is 17.6. The predicted molar refractivity (Wildman–Crippen MR) is 121 cm³/mol. The molecule has 0 bridgehead atoms. The van der Waals surface area contributed by atoms with Crippen LogP contribution in [-0.2, 0) is 6.54 Å². The zero-order chi connectivity index (χ0) is 21.1. The molecule has 1 saturated heterocycles. The third-order valence-electron chi connectivity index (χ3n) is 6.28. The molecule has 1 aromatic heterocycles. The predicted octanol–water partition coefficient (Wildman–Crippen LogP) is 4.82. The maximum atomic E-state index is 9.73. The average molecular weight is 425 g/mol. The Bertz CT molecular complexity index is 986. The SMILES string of the molecule is CC(C)(CO)[C@H]1CCCN(Cc2ccc(-c3cn(-c4ccccc4)nn3)cc2Cl)C1. The van der Waals surface area contributed by atoms with Crippen molar-refractivity contribution in [2.75, 3.05) is 19.7 Å². The van der Waals surface area contributed by atoms with E-state index in [1.807, 2.05) is 42.6 Å². The highest BCUT2D eigenvalue weighted by Crippen LogP contribution is 2.34. The second-order valence-electron chi connectivity index (χ2n) is 8.91. The van der Waals surface area contributed by atoms with Gasteiger partial charge >= 0.3 is 0 Å². The van der Waals surface area contributed by atoms with E-state index in [9.17, 15) is 5.11 Å². The van der Waals surface area contributed by atoms with Crippen LogP contribution in [0.15, 0.2) is 54.7 Å². The lowest BCUT2D eigenvalue weighted by atomic mass is 9.75. The van der Waals surface area contributed by atoms with Gasteiger partial charge in [0.1, 0.15) is 5.69 Å². The molecule has 1 fully saturated rings. The smallest absolute Gasteiger partial charge is 0.113 e. The minimum atomic E-state index is -0.0447. The first kappa shape index (κ1) is 21.0. The standard InChI is InChI=1S/C24H29ClN4O/c1-24(2,17-30)20-7-6-12-28(15-20)14-19-11-10-18(13-22(19)25)23-16-29(27-26-23)21-8-4-3-5-9-21/h3-5,8-11,13,16,20,30H,6-7,12,14-15,17H2,1-2H3/t20-/m0/s1. The third kappa shape index (κ3) is 4.59. The van der Waals surface area contributed by atoms with Crippen LogP contribution in [0, 0.1) is 11.3 Å². The van der Waals surface area contributed by atoms with Gasteiger partial charge in [0, 0.05) is 30.3 Å². The molecule has 0 aliphatic carbocycles. The Morgan fingerprint density at radius 3 is 2.70 bits per heavy atom. The summed E-state index contributed by atoms with van der Waals surface area (Å²) in [6, 6.07) is 16.1. The first-order valence-corrected chi connectivity index (χ1v) is 10.9. The molecule has 6 heteroatoms. The highest BCUT2D eigenvalue weighted by Gasteiger charge is 2.32. The largest absolute Gasteiger partial charge is 0.396 e. The molecule has 2 heterocycles. The Hall–Kier alpha value is -2.21. The number of aliphatic hydroxyl groups excluding tert-OH is 1. The van der Waals surface area contributed by atoms with E-state index in [0.717, 1.165) is 53.6 Å². The maximum absolute atomic E-state index is 9.73. The van der Waals surface area contributed by atoms with Crippen LogP contribution in [0.25, 0.3) is 16.9 Å². The van der Waals surface area contributed by atoms with Gasteiger partial charge in [0.05, 0.1) is 11.9 Å². The zero-order valence-corrected chi connectivity index (χ0v) is 18.4. The Morgan fingerprint density at radius 2 is 1.97 bits per heavy atom. The number of hydrogen-bond acceptors (Lipinski definition) is 4. The number of hydrogen-bond donors (Lipinski definition) is 1. The van der Waals surface area contributed by atoms with Crippen molar-refractivity contribution in [1.29, 1.82) is 0 Å². The summed E-state index contributed by atoms with van der Waals surface area (Å²) in [6.07, 6.45) is 4.26. The van der Waals surface area contributed by atoms with Gasteiger partial charge in [-0.2, -0.15) is 0 Å². The second-order valence-corrected chi connectivity index (χ2v) is 9.32. The molecule has 0 saturated carbocycles. The molecule has 0 spiro atoms. The lowest BCUT2D eigenvalue weighted by Crippen LogP contribution is -2.42. The molecular weight excluding hydrogens is 396 g/mol. The van der Waals surface area contributed by atoms with Crippen LogP contribution in [0.3, 0.4) is 0 Å². The number of benzene rings is 2. The number of para-hydroxylation sites is 1. The van der Waals surface area contributed by atoms with E-state index in [1.54, 1.807) is 4.68 Å². The van der Waals surface area contributed by atoms with Crippen molar-refractivity contribution in [1.82, 2.24) is 19.9 Å². The van der Waals surface area contributed by atoms with Gasteiger partial charge in [0.2, 0.25) is 0 Å². The van der Waals surface area contributed by atoms with Gasteiger partial charge in [-0.1, -0.05) is 61.0 Å². The Labute approximate surface area is 183 Å². The second kappa shape index (κ2) is 8.88. The van der Waals surface area contributed by atoms with Gasteiger partial charge in [-0.25, -0.2) is 4.68 Å². The fourth-order valence-electron chi connectivity index (χ4n) is 4.14. The Kier molecular flexibility index (Phi) is 6.23. The van der Waals surface area contributed by atoms with Crippen molar-refractivity contribution in [3.8, 4) is 16.9 Å². The molecule has 1 N–H and O–H groups in total. The normalized spacial score (nSPS) is 17.9. The molecule has 30 heavy (non-hydrogen) atoms. The van der Waals surface area contributed by atoms with Crippen LogP contribution < -0.4 is 0 Å². The minimum absolute atomic E-state index is 0.0447. The number of aliphatic hydroxyl groups is 1. The monoisotopic (exact) mass is 424 g/mol. The summed E-state index contributed by atoms with van der Waals surface area (Å²) in [4.78, 5) is 2.46. The number of aromatic nitrogens is 3. The van der Waals surface area contributed by atoms with Crippen molar-refractivity contribution >= 4 is 11.6 Å². The molecule has 1 aliphatic rings. The topological polar surface area (TPSA) is 54.2 Å². The average Bonchev–Trinajstić information content (AvgIpc) is 3.26. The fraction of sp³-hybridized carbons (Fsp3) is 0.417. The number of rotatable bonds is 6. The molecule has 3 aromatic rings. The summed E-state index contributed by atoms with van der Waals surface area (Å²) in [7, 11) is 0. The molecule has 0 unspecified atom stereocenters. The van der Waals surface area contributed by atoms with Crippen molar-refractivity contribution in [3.05, 3.63) is 65.3 Å². The van der Waals surface area contributed by atoms with E-state index in [0.29, 0.717) is 5.92 Å². The summed E-state index contributed by atoms with van der Waals surface area (Å²) < 4.78 is 1.77. The van der Waals surface area contributed by atoms with Gasteiger partial charge in [0.15, 0.2) is 0 Å². The maximum Gasteiger partial charge on any atom is 0.113 e. The lowest BCUT2D eigenvalue weighted by molar-refractivity contribution is 0.0382. The number of likely N-dealkylation sites (tertiary alicyclic amines) is 1. The van der Waals surface area contributed by atoms with E-state index < -0.39 is 0 Å². The lowest BCUT2D eigenvalue weighted by Gasteiger charge is -2.40. The van der Waals surface area contributed by atoms with E-state index in [-0.39, 0.29) is 12.0 Å². The van der Waals surface area contributed by atoms with Crippen molar-refractivity contribution in [2.45, 2.75) is 33.2 Å². The van der Waals surface area contributed by atoms with Crippen LogP contribution in [0.5, 0.6) is 0 Å². The summed E-state index contributed by atoms with van der Waals surface area (Å²) >= 11 is 6.65. The minimum Gasteiger partial charge on any atom is -0.396 e. The van der Waals surface area contributed by atoms with Crippen LogP contribution in [-0.4, -0.2) is 44.7 Å². The Morgan fingerprint density at radius 1 is 1.17 bits per heavy atom. The third-order valence-corrected chi connectivity index (χ3v) is 6.63. The quantitative estimate of drug-likeness (QED) is 0.616. The van der Waals surface area contributed by atoms with Gasteiger partial charge in [0.25, 0.3) is 0 Å². The molecule has 1 atom stereocenters. The Balaban J connectivity index is 1.47. The number of halogens is 1. The summed E-state index contributed by atoms with van der Waals surface area (Å²) in [5.41, 5.74) is 3.82. The van der Waals surface area contributed by atoms with Crippen LogP contribution in [0.2, 0.25) is 5.02 Å². The molecule has 2 aromatic carbocycles. The molecule has 4 rings (SSSR count). The van der Waals surface area contributed by atoms with E-state index in [2.05, 4.69) is 41.2 Å². The van der Waals surface area contributed by atoms with Crippen molar-refractivity contribution in [2.24, 2.45) is 11.3 Å². The van der Waals surface area contributed by atoms with Crippen molar-refractivity contribution in [3.63, 3.8) is 0 Å². The molecular formula is C24H29ClN4O.